The van der Waals surface area contributed by atoms with Gasteiger partial charge in [-0.2, -0.15) is 0 Å². The van der Waals surface area contributed by atoms with E-state index < -0.39 is 0 Å². The number of fused-ring (bicyclic) bond motifs is 1. The molecule has 1 aromatic heterocycles. The number of ether oxygens (including phenoxy) is 1. The normalized spacial score (nSPS) is 16.1. The third-order valence-corrected chi connectivity index (χ3v) is 6.14. The van der Waals surface area contributed by atoms with E-state index in [0.717, 1.165) is 37.2 Å². The SMILES string of the molecule is COc1ccc([C@H](CNC(=O)c2oc3ccc(F)cc3c2C)N2CCCCCC2)cc1. The molecular weight excluding hydrogens is 395 g/mol. The number of nitrogens with zero attached hydrogens (tertiary/aromatic N) is 1. The Hall–Kier alpha value is -2.86. The van der Waals surface area contributed by atoms with Crippen molar-refractivity contribution in [1.82, 2.24) is 10.2 Å². The number of nitrogens with one attached hydrogen (secondary N) is 1. The molecule has 1 fully saturated rings. The Labute approximate surface area is 182 Å². The monoisotopic (exact) mass is 424 g/mol. The Morgan fingerprint density at radius 2 is 1.84 bits per heavy atom. The third kappa shape index (κ3) is 4.74. The van der Waals surface area contributed by atoms with E-state index >= 15 is 0 Å². The van der Waals surface area contributed by atoms with E-state index in [1.807, 2.05) is 12.1 Å². The van der Waals surface area contributed by atoms with Crippen LogP contribution in [0.15, 0.2) is 46.9 Å². The number of benzene rings is 2. The fraction of sp³-hybridized carbons (Fsp3) is 0.400. The molecule has 0 bridgehead atoms. The maximum absolute atomic E-state index is 13.6. The number of likely N-dealkylation sites (tertiary alicyclic amines) is 1. The van der Waals surface area contributed by atoms with Crippen LogP contribution in [0.2, 0.25) is 0 Å². The number of methoxy groups -OCH3 is 1. The summed E-state index contributed by atoms with van der Waals surface area (Å²) < 4.78 is 24.6. The molecule has 1 saturated heterocycles. The van der Waals surface area contributed by atoms with Gasteiger partial charge in [0.1, 0.15) is 17.1 Å². The Balaban J connectivity index is 1.55. The number of hydrogen-bond acceptors (Lipinski definition) is 4. The van der Waals surface area contributed by atoms with E-state index in [1.54, 1.807) is 20.1 Å². The van der Waals surface area contributed by atoms with Gasteiger partial charge in [-0.15, -0.1) is 0 Å². The molecule has 164 valence electrons. The number of hydrogen-bond donors (Lipinski definition) is 1. The van der Waals surface area contributed by atoms with E-state index in [9.17, 15) is 9.18 Å². The summed E-state index contributed by atoms with van der Waals surface area (Å²) in [6.07, 6.45) is 4.81. The van der Waals surface area contributed by atoms with Gasteiger partial charge in [0.25, 0.3) is 5.91 Å². The maximum atomic E-state index is 13.6. The standard InChI is InChI=1S/C25H29FN2O3/c1-17-21-15-19(26)9-12-23(21)31-24(17)25(29)27-16-22(28-13-5-3-4-6-14-28)18-7-10-20(30-2)11-8-18/h7-12,15,22H,3-6,13-14,16H2,1-2H3,(H,27,29)/t22-/m0/s1. The highest BCUT2D eigenvalue weighted by Crippen LogP contribution is 2.28. The average Bonchev–Trinajstić information content (AvgIpc) is 2.95. The number of amides is 1. The molecular formula is C25H29FN2O3. The Morgan fingerprint density at radius 3 is 2.52 bits per heavy atom. The lowest BCUT2D eigenvalue weighted by atomic mass is 10.0. The lowest BCUT2D eigenvalue weighted by Gasteiger charge is -2.31. The molecule has 1 N–H and O–H groups in total. The fourth-order valence-electron chi connectivity index (χ4n) is 4.37. The summed E-state index contributed by atoms with van der Waals surface area (Å²) in [6.45, 7) is 4.27. The predicted molar refractivity (Wildman–Crippen MR) is 119 cm³/mol. The van der Waals surface area contributed by atoms with E-state index in [0.29, 0.717) is 23.1 Å². The Kier molecular flexibility index (Phi) is 6.56. The van der Waals surface area contributed by atoms with E-state index in [4.69, 9.17) is 9.15 Å². The number of carbonyl (C=O) groups excluding carboxylic acids is 1. The Bertz CT molecular complexity index is 1040. The predicted octanol–water partition coefficient (Wildman–Crippen LogP) is 5.24. The lowest BCUT2D eigenvalue weighted by Crippen LogP contribution is -2.38. The van der Waals surface area contributed by atoms with Crippen molar-refractivity contribution in [2.24, 2.45) is 0 Å². The van der Waals surface area contributed by atoms with Crippen molar-refractivity contribution in [2.45, 2.75) is 38.6 Å². The van der Waals surface area contributed by atoms with Crippen LogP contribution in [0.1, 0.15) is 53.4 Å². The summed E-state index contributed by atoms with van der Waals surface area (Å²) in [5.74, 6) is 0.434. The van der Waals surface area contributed by atoms with Crippen molar-refractivity contribution in [3.05, 3.63) is 65.2 Å². The van der Waals surface area contributed by atoms with Crippen LogP contribution in [0.5, 0.6) is 5.75 Å². The first-order valence-electron chi connectivity index (χ1n) is 10.9. The number of furan rings is 1. The molecule has 0 radical (unpaired) electrons. The number of carbonyl (C=O) groups is 1. The van der Waals surface area contributed by atoms with Crippen LogP contribution in [0, 0.1) is 12.7 Å². The highest BCUT2D eigenvalue weighted by molar-refractivity contribution is 5.98. The first-order chi connectivity index (χ1) is 15.1. The minimum atomic E-state index is -0.343. The van der Waals surface area contributed by atoms with Crippen LogP contribution in [0.4, 0.5) is 4.39 Å². The van der Waals surface area contributed by atoms with Gasteiger partial charge in [0, 0.05) is 17.5 Å². The molecule has 2 aromatic carbocycles. The zero-order chi connectivity index (χ0) is 21.8. The van der Waals surface area contributed by atoms with Crippen LogP contribution in [-0.4, -0.2) is 37.6 Å². The van der Waals surface area contributed by atoms with Crippen LogP contribution in [0.25, 0.3) is 11.0 Å². The molecule has 1 aliphatic rings. The second-order valence-electron chi connectivity index (χ2n) is 8.15. The van der Waals surface area contributed by atoms with Crippen molar-refractivity contribution < 1.29 is 18.3 Å². The molecule has 2 heterocycles. The van der Waals surface area contributed by atoms with Gasteiger partial charge in [0.2, 0.25) is 0 Å². The van der Waals surface area contributed by atoms with Gasteiger partial charge in [-0.3, -0.25) is 9.69 Å². The van der Waals surface area contributed by atoms with Crippen molar-refractivity contribution in [3.63, 3.8) is 0 Å². The van der Waals surface area contributed by atoms with Gasteiger partial charge in [-0.1, -0.05) is 25.0 Å². The van der Waals surface area contributed by atoms with Gasteiger partial charge >= 0.3 is 0 Å². The molecule has 5 nitrogen and oxygen atoms in total. The highest BCUT2D eigenvalue weighted by Gasteiger charge is 2.24. The van der Waals surface area contributed by atoms with Gasteiger partial charge in [-0.25, -0.2) is 4.39 Å². The summed E-state index contributed by atoms with van der Waals surface area (Å²) in [5, 5.41) is 3.69. The van der Waals surface area contributed by atoms with Gasteiger partial charge in [0.05, 0.1) is 13.2 Å². The first kappa shape index (κ1) is 21.4. The third-order valence-electron chi connectivity index (χ3n) is 6.14. The number of rotatable bonds is 6. The average molecular weight is 425 g/mol. The summed E-state index contributed by atoms with van der Waals surface area (Å²) in [6, 6.07) is 12.4. The molecule has 0 spiro atoms. The van der Waals surface area contributed by atoms with Crippen LogP contribution < -0.4 is 10.1 Å². The molecule has 3 aromatic rings. The number of halogens is 1. The lowest BCUT2D eigenvalue weighted by molar-refractivity contribution is 0.0907. The largest absolute Gasteiger partial charge is 0.497 e. The summed E-state index contributed by atoms with van der Waals surface area (Å²) in [4.78, 5) is 15.4. The molecule has 1 amide bonds. The Morgan fingerprint density at radius 1 is 1.13 bits per heavy atom. The topological polar surface area (TPSA) is 54.7 Å². The highest BCUT2D eigenvalue weighted by atomic mass is 19.1. The number of aryl methyl sites for hydroxylation is 1. The van der Waals surface area contributed by atoms with Crippen LogP contribution in [-0.2, 0) is 0 Å². The van der Waals surface area contributed by atoms with Gasteiger partial charge < -0.3 is 14.5 Å². The molecule has 6 heteroatoms. The molecule has 4 rings (SSSR count). The summed E-state index contributed by atoms with van der Waals surface area (Å²) in [7, 11) is 1.66. The summed E-state index contributed by atoms with van der Waals surface area (Å²) >= 11 is 0. The smallest absolute Gasteiger partial charge is 0.287 e. The molecule has 0 saturated carbocycles. The zero-order valence-electron chi connectivity index (χ0n) is 18.1. The quantitative estimate of drug-likeness (QED) is 0.588. The fourth-order valence-corrected chi connectivity index (χ4v) is 4.37. The van der Waals surface area contributed by atoms with Crippen LogP contribution in [0.3, 0.4) is 0 Å². The molecule has 31 heavy (non-hydrogen) atoms. The zero-order valence-corrected chi connectivity index (χ0v) is 18.1. The van der Waals surface area contributed by atoms with Gasteiger partial charge in [-0.05, 0) is 68.8 Å². The van der Waals surface area contributed by atoms with E-state index in [-0.39, 0.29) is 23.5 Å². The van der Waals surface area contributed by atoms with Crippen LogP contribution >= 0.6 is 0 Å². The minimum Gasteiger partial charge on any atom is -0.497 e. The van der Waals surface area contributed by atoms with E-state index in [2.05, 4.69) is 22.3 Å². The molecule has 1 atom stereocenters. The molecule has 0 aliphatic carbocycles. The summed E-state index contributed by atoms with van der Waals surface area (Å²) in [5.41, 5.74) is 2.32. The van der Waals surface area contributed by atoms with Crippen molar-refractivity contribution in [2.75, 3.05) is 26.7 Å². The second-order valence-corrected chi connectivity index (χ2v) is 8.15. The molecule has 0 unspecified atom stereocenters. The first-order valence-corrected chi connectivity index (χ1v) is 10.9. The van der Waals surface area contributed by atoms with Crippen molar-refractivity contribution in [1.29, 1.82) is 0 Å². The second kappa shape index (κ2) is 9.52. The van der Waals surface area contributed by atoms with Crippen molar-refractivity contribution in [3.8, 4) is 5.75 Å². The minimum absolute atomic E-state index is 0.0649. The van der Waals surface area contributed by atoms with E-state index in [1.165, 1.54) is 25.0 Å². The van der Waals surface area contributed by atoms with Gasteiger partial charge in [0.15, 0.2) is 5.76 Å². The molecule has 1 aliphatic heterocycles. The van der Waals surface area contributed by atoms with Crippen molar-refractivity contribution >= 4 is 16.9 Å². The maximum Gasteiger partial charge on any atom is 0.287 e.